The molecule has 1 fully saturated rings. The van der Waals surface area contributed by atoms with E-state index in [-0.39, 0.29) is 11.7 Å². The van der Waals surface area contributed by atoms with Gasteiger partial charge in [0, 0.05) is 30.5 Å². The Bertz CT molecular complexity index is 426. The summed E-state index contributed by atoms with van der Waals surface area (Å²) in [6.07, 6.45) is 2.35. The molecule has 0 spiro atoms. The second-order valence-electron chi connectivity index (χ2n) is 4.11. The van der Waals surface area contributed by atoms with E-state index in [0.29, 0.717) is 29.9 Å². The van der Waals surface area contributed by atoms with Crippen LogP contribution in [0, 0.1) is 5.92 Å². The Balaban J connectivity index is 2.73. The van der Waals surface area contributed by atoms with E-state index in [2.05, 4.69) is 16.3 Å². The van der Waals surface area contributed by atoms with E-state index in [9.17, 15) is 9.59 Å². The monoisotopic (exact) mass is 251 g/mol. The summed E-state index contributed by atoms with van der Waals surface area (Å²) in [5.41, 5.74) is 1.05. The van der Waals surface area contributed by atoms with Crippen LogP contribution < -0.4 is 0 Å². The number of hydrogen-bond acceptors (Lipinski definition) is 5. The molecule has 0 aromatic heterocycles. The quantitative estimate of drug-likeness (QED) is 0.330. The Morgan fingerprint density at radius 1 is 1.39 bits per heavy atom. The van der Waals surface area contributed by atoms with Crippen molar-refractivity contribution in [1.82, 2.24) is 0 Å². The molecular formula is C13H17NO4. The first-order valence-electron chi connectivity index (χ1n) is 5.57. The number of carbonyl (C=O) groups excluding carboxylic acids is 2. The minimum Gasteiger partial charge on any atom is -0.481 e. The average Bonchev–Trinajstić information content (AvgIpc) is 2.34. The second-order valence-corrected chi connectivity index (χ2v) is 4.11. The molecule has 18 heavy (non-hydrogen) atoms. The standard InChI is InChI=1S/C13H17NO4/c1-8(13(16)18-4)7-14-12(17-3)9(2)10-5-11(15)6-10/h7,10H,2,5-6H2,1,3-4H3/b8-7+,14-12+. The molecule has 0 radical (unpaired) electrons. The fraction of sp³-hybridized carbons (Fsp3) is 0.462. The lowest BCUT2D eigenvalue weighted by Gasteiger charge is -2.25. The zero-order valence-corrected chi connectivity index (χ0v) is 10.9. The van der Waals surface area contributed by atoms with Crippen molar-refractivity contribution in [2.45, 2.75) is 19.8 Å². The summed E-state index contributed by atoms with van der Waals surface area (Å²) in [4.78, 5) is 26.1. The minimum atomic E-state index is -0.446. The van der Waals surface area contributed by atoms with Crippen molar-refractivity contribution >= 4 is 17.7 Å². The van der Waals surface area contributed by atoms with Crippen molar-refractivity contribution < 1.29 is 19.1 Å². The number of carbonyl (C=O) groups is 2. The predicted molar refractivity (Wildman–Crippen MR) is 67.1 cm³/mol. The van der Waals surface area contributed by atoms with Gasteiger partial charge in [-0.15, -0.1) is 0 Å². The Morgan fingerprint density at radius 2 is 2.00 bits per heavy atom. The molecule has 0 N–H and O–H groups in total. The lowest BCUT2D eigenvalue weighted by Crippen LogP contribution is -2.28. The summed E-state index contributed by atoms with van der Waals surface area (Å²) in [5.74, 6) is 0.218. The van der Waals surface area contributed by atoms with Crippen LogP contribution in [0.25, 0.3) is 0 Å². The summed E-state index contributed by atoms with van der Waals surface area (Å²) in [5, 5.41) is 0. The van der Waals surface area contributed by atoms with E-state index in [1.54, 1.807) is 6.92 Å². The van der Waals surface area contributed by atoms with Gasteiger partial charge in [-0.05, 0) is 6.92 Å². The highest BCUT2D eigenvalue weighted by Gasteiger charge is 2.31. The first-order chi connectivity index (χ1) is 8.49. The van der Waals surface area contributed by atoms with Gasteiger partial charge in [0.15, 0.2) is 0 Å². The molecule has 0 saturated heterocycles. The smallest absolute Gasteiger partial charge is 0.334 e. The van der Waals surface area contributed by atoms with E-state index in [1.807, 2.05) is 0 Å². The topological polar surface area (TPSA) is 65.0 Å². The molecule has 98 valence electrons. The lowest BCUT2D eigenvalue weighted by atomic mass is 9.79. The Kier molecular flexibility index (Phi) is 4.83. The predicted octanol–water partition coefficient (Wildman–Crippen LogP) is 1.64. The molecule has 1 aliphatic carbocycles. The fourth-order valence-electron chi connectivity index (χ4n) is 1.55. The van der Waals surface area contributed by atoms with Gasteiger partial charge in [0.1, 0.15) is 5.78 Å². The van der Waals surface area contributed by atoms with Crippen molar-refractivity contribution in [3.05, 3.63) is 23.9 Å². The van der Waals surface area contributed by atoms with Crippen molar-refractivity contribution in [2.24, 2.45) is 10.9 Å². The van der Waals surface area contributed by atoms with Crippen molar-refractivity contribution in [2.75, 3.05) is 14.2 Å². The molecule has 1 saturated carbocycles. The van der Waals surface area contributed by atoms with Gasteiger partial charge in [-0.2, -0.15) is 0 Å². The van der Waals surface area contributed by atoms with Gasteiger partial charge in [-0.25, -0.2) is 9.79 Å². The molecule has 0 amide bonds. The molecule has 0 atom stereocenters. The van der Waals surface area contributed by atoms with E-state index in [1.165, 1.54) is 20.4 Å². The highest BCUT2D eigenvalue weighted by atomic mass is 16.5. The van der Waals surface area contributed by atoms with E-state index in [0.717, 1.165) is 0 Å². The lowest BCUT2D eigenvalue weighted by molar-refractivity contribution is -0.136. The number of ether oxygens (including phenoxy) is 2. The summed E-state index contributed by atoms with van der Waals surface area (Å²) < 4.78 is 9.66. The number of Topliss-reactive ketones (excluding diaryl/α,β-unsaturated/α-hetero) is 1. The van der Waals surface area contributed by atoms with Crippen LogP contribution in [0.3, 0.4) is 0 Å². The first-order valence-corrected chi connectivity index (χ1v) is 5.57. The van der Waals surface area contributed by atoms with Gasteiger partial charge in [-0.1, -0.05) is 6.58 Å². The van der Waals surface area contributed by atoms with E-state index < -0.39 is 5.97 Å². The summed E-state index contributed by atoms with van der Waals surface area (Å²) in [6.45, 7) is 5.47. The van der Waals surface area contributed by atoms with Gasteiger partial charge in [-0.3, -0.25) is 4.79 Å². The maximum atomic E-state index is 11.2. The molecule has 0 unspecified atom stereocenters. The first kappa shape index (κ1) is 14.2. The van der Waals surface area contributed by atoms with Crippen LogP contribution in [0.2, 0.25) is 0 Å². The maximum absolute atomic E-state index is 11.2. The summed E-state index contributed by atoms with van der Waals surface area (Å²) >= 11 is 0. The largest absolute Gasteiger partial charge is 0.481 e. The van der Waals surface area contributed by atoms with Crippen LogP contribution in [-0.4, -0.2) is 31.9 Å². The number of esters is 1. The highest BCUT2D eigenvalue weighted by Crippen LogP contribution is 2.30. The Labute approximate surface area is 106 Å². The van der Waals surface area contributed by atoms with E-state index in [4.69, 9.17) is 4.74 Å². The van der Waals surface area contributed by atoms with Crippen molar-refractivity contribution in [3.63, 3.8) is 0 Å². The number of methoxy groups -OCH3 is 2. The third kappa shape index (κ3) is 3.29. The van der Waals surface area contributed by atoms with Gasteiger partial charge in [0.05, 0.1) is 19.8 Å². The summed E-state index contributed by atoms with van der Waals surface area (Å²) in [6, 6.07) is 0. The molecule has 0 aliphatic heterocycles. The minimum absolute atomic E-state index is 0.100. The van der Waals surface area contributed by atoms with Gasteiger partial charge >= 0.3 is 5.97 Å². The zero-order chi connectivity index (χ0) is 13.7. The van der Waals surface area contributed by atoms with Gasteiger partial charge in [0.25, 0.3) is 0 Å². The van der Waals surface area contributed by atoms with E-state index >= 15 is 0 Å². The van der Waals surface area contributed by atoms with Gasteiger partial charge < -0.3 is 9.47 Å². The number of hydrogen-bond donors (Lipinski definition) is 0. The summed E-state index contributed by atoms with van der Waals surface area (Å²) in [7, 11) is 2.78. The molecule has 5 heteroatoms. The third-order valence-electron chi connectivity index (χ3n) is 2.79. The molecule has 0 heterocycles. The highest BCUT2D eigenvalue weighted by molar-refractivity contribution is 5.98. The van der Waals surface area contributed by atoms with Crippen LogP contribution in [0.15, 0.2) is 28.9 Å². The Hall–Kier alpha value is -1.91. The molecule has 1 aliphatic rings. The fourth-order valence-corrected chi connectivity index (χ4v) is 1.55. The zero-order valence-electron chi connectivity index (χ0n) is 10.9. The van der Waals surface area contributed by atoms with Crippen LogP contribution in [-0.2, 0) is 19.1 Å². The number of rotatable bonds is 4. The van der Waals surface area contributed by atoms with Crippen LogP contribution in [0.1, 0.15) is 19.8 Å². The second kappa shape index (κ2) is 6.14. The van der Waals surface area contributed by atoms with Crippen LogP contribution in [0.4, 0.5) is 0 Å². The third-order valence-corrected chi connectivity index (χ3v) is 2.79. The van der Waals surface area contributed by atoms with Crippen molar-refractivity contribution in [3.8, 4) is 0 Å². The van der Waals surface area contributed by atoms with Crippen molar-refractivity contribution in [1.29, 1.82) is 0 Å². The SMILES string of the molecule is C=C(/C(=N\C=C(/C)C(=O)OC)OC)C1CC(=O)C1. The molecule has 0 aromatic carbocycles. The van der Waals surface area contributed by atoms with Gasteiger partial charge in [0.2, 0.25) is 5.90 Å². The number of aliphatic imine (C=N–C) groups is 1. The molecule has 0 bridgehead atoms. The molecular weight excluding hydrogens is 234 g/mol. The number of nitrogens with zero attached hydrogens (tertiary/aromatic N) is 1. The molecule has 1 rings (SSSR count). The normalized spacial score (nSPS) is 17.2. The van der Waals surface area contributed by atoms with Crippen LogP contribution >= 0.6 is 0 Å². The number of ketones is 1. The Morgan fingerprint density at radius 3 is 2.44 bits per heavy atom. The van der Waals surface area contributed by atoms with Crippen LogP contribution in [0.5, 0.6) is 0 Å². The maximum Gasteiger partial charge on any atom is 0.334 e. The molecule has 0 aromatic rings. The average molecular weight is 251 g/mol. The molecule has 5 nitrogen and oxygen atoms in total.